The number of nitrogens with zero attached hydrogens (tertiary/aromatic N) is 3. The molecule has 11 nitrogen and oxygen atoms in total. The van der Waals surface area contributed by atoms with Gasteiger partial charge < -0.3 is 36.1 Å². The third-order valence-corrected chi connectivity index (χ3v) is 11.2. The highest BCUT2D eigenvalue weighted by Gasteiger charge is 2.44. The zero-order valence-corrected chi connectivity index (χ0v) is 27.6. The second-order valence-electron chi connectivity index (χ2n) is 14.7. The SMILES string of the molecule is CC(=O)O[C@H](CCc1ccc(O)c(OC2CCNCC2)c1)C[C@@H](O)CC[C@H]1CNC(N)=NCN2C[C@@H]3C[C@H](C2)[C@@H]2CC[C@H]1CN2C3. The minimum atomic E-state index is -0.575. The van der Waals surface area contributed by atoms with E-state index < -0.39 is 12.2 Å². The second kappa shape index (κ2) is 15.5. The first kappa shape index (κ1) is 33.3. The summed E-state index contributed by atoms with van der Waals surface area (Å²) in [5, 5.41) is 28.4. The lowest BCUT2D eigenvalue weighted by Gasteiger charge is -2.54. The summed E-state index contributed by atoms with van der Waals surface area (Å²) in [6, 6.07) is 6.14. The van der Waals surface area contributed by atoms with Crippen molar-refractivity contribution < 1.29 is 24.5 Å². The summed E-state index contributed by atoms with van der Waals surface area (Å²) in [5.41, 5.74) is 7.33. The van der Waals surface area contributed by atoms with Crippen LogP contribution in [0.4, 0.5) is 0 Å². The van der Waals surface area contributed by atoms with E-state index in [1.807, 2.05) is 12.1 Å². The van der Waals surface area contributed by atoms with E-state index >= 15 is 0 Å². The first-order valence-corrected chi connectivity index (χ1v) is 17.8. The first-order valence-electron chi connectivity index (χ1n) is 17.8. The maximum atomic E-state index is 12.0. The topological polar surface area (TPSA) is 145 Å². The molecule has 6 aliphatic rings. The molecule has 4 saturated heterocycles. The van der Waals surface area contributed by atoms with Gasteiger partial charge in [0.1, 0.15) is 12.2 Å². The molecule has 46 heavy (non-hydrogen) atoms. The molecule has 0 aromatic heterocycles. The van der Waals surface area contributed by atoms with Crippen LogP contribution in [0.3, 0.4) is 0 Å². The van der Waals surface area contributed by atoms with Gasteiger partial charge in [-0.2, -0.15) is 0 Å². The fraction of sp³-hybridized carbons (Fsp3) is 0.771. The molecule has 11 heteroatoms. The zero-order valence-electron chi connectivity index (χ0n) is 27.6. The van der Waals surface area contributed by atoms with Crippen LogP contribution in [0.2, 0.25) is 0 Å². The summed E-state index contributed by atoms with van der Waals surface area (Å²) in [6.07, 6.45) is 7.92. The second-order valence-corrected chi connectivity index (χ2v) is 14.7. The van der Waals surface area contributed by atoms with Crippen LogP contribution in [-0.4, -0.2) is 109 Å². The number of carbonyl (C=O) groups excluding carboxylic acids is 1. The van der Waals surface area contributed by atoms with E-state index in [-0.39, 0.29) is 17.8 Å². The molecule has 2 unspecified atom stereocenters. The standard InChI is InChI=1S/C35H56N6O5/c1-23(42)45-31(7-2-24-3-9-33(44)34(15-24)46-30-10-12-37-13-11-30)16-29(43)6-4-26-17-38-35(36)39-22-40-18-25-14-28(20-40)32-8-5-27(26)21-41(32)19-25/h3,9,15,25-32,37,43-44H,2,4-8,10-14,16-22H2,1H3,(H3,36,38,39)/t25-,26-,27-,28+,29-,31+,32-/m0/s1. The van der Waals surface area contributed by atoms with Crippen LogP contribution in [0.5, 0.6) is 11.5 Å². The predicted octanol–water partition coefficient (Wildman–Crippen LogP) is 2.44. The third-order valence-electron chi connectivity index (χ3n) is 11.2. The molecule has 0 amide bonds. The number of aliphatic hydroxyl groups excluding tert-OH is 1. The predicted molar refractivity (Wildman–Crippen MR) is 178 cm³/mol. The Morgan fingerprint density at radius 1 is 1.11 bits per heavy atom. The maximum Gasteiger partial charge on any atom is 0.302 e. The molecule has 6 aliphatic heterocycles. The normalized spacial score (nSPS) is 32.7. The van der Waals surface area contributed by atoms with E-state index in [1.54, 1.807) is 6.07 Å². The van der Waals surface area contributed by atoms with Crippen molar-refractivity contribution in [1.82, 2.24) is 20.4 Å². The van der Waals surface area contributed by atoms with Crippen LogP contribution in [0.25, 0.3) is 0 Å². The number of nitrogens with one attached hydrogen (secondary N) is 2. The van der Waals surface area contributed by atoms with Gasteiger partial charge in [-0.3, -0.25) is 14.6 Å². The van der Waals surface area contributed by atoms with Gasteiger partial charge in [0, 0.05) is 52.1 Å². The Hall–Kier alpha value is -2.60. The van der Waals surface area contributed by atoms with Crippen LogP contribution >= 0.6 is 0 Å². The molecule has 6 bridgehead atoms. The van der Waals surface area contributed by atoms with Crippen molar-refractivity contribution in [3.63, 3.8) is 0 Å². The summed E-state index contributed by atoms with van der Waals surface area (Å²) in [7, 11) is 0. The lowest BCUT2D eigenvalue weighted by Crippen LogP contribution is -2.60. The van der Waals surface area contributed by atoms with Gasteiger partial charge in [-0.15, -0.1) is 0 Å². The molecule has 0 radical (unpaired) electrons. The Bertz CT molecular complexity index is 1190. The van der Waals surface area contributed by atoms with Gasteiger partial charge in [0.15, 0.2) is 17.5 Å². The monoisotopic (exact) mass is 640 g/mol. The van der Waals surface area contributed by atoms with E-state index in [4.69, 9.17) is 15.2 Å². The number of phenolic OH excluding ortho intramolecular Hbond substituents is 1. The highest BCUT2D eigenvalue weighted by atomic mass is 16.5. The summed E-state index contributed by atoms with van der Waals surface area (Å²) in [5.74, 6) is 3.20. The average molecular weight is 641 g/mol. The maximum absolute atomic E-state index is 12.0. The fourth-order valence-electron chi connectivity index (χ4n) is 8.92. The van der Waals surface area contributed by atoms with Gasteiger partial charge in [0.05, 0.1) is 12.8 Å². The molecule has 0 spiro atoms. The Labute approximate surface area is 274 Å². The summed E-state index contributed by atoms with van der Waals surface area (Å²) in [4.78, 5) is 22.0. The van der Waals surface area contributed by atoms with Crippen molar-refractivity contribution in [2.45, 2.75) is 95.5 Å². The van der Waals surface area contributed by atoms with E-state index in [1.165, 1.54) is 32.7 Å². The van der Waals surface area contributed by atoms with Crippen molar-refractivity contribution in [3.05, 3.63) is 23.8 Å². The smallest absolute Gasteiger partial charge is 0.302 e. The average Bonchev–Trinajstić information content (AvgIpc) is 3.05. The molecule has 1 aromatic rings. The Balaban J connectivity index is 1.04. The number of nitrogens with two attached hydrogens (primary N) is 1. The van der Waals surface area contributed by atoms with E-state index in [0.717, 1.165) is 70.0 Å². The van der Waals surface area contributed by atoms with Crippen molar-refractivity contribution in [2.75, 3.05) is 52.5 Å². The third kappa shape index (κ3) is 8.85. The molecule has 0 aliphatic carbocycles. The number of ether oxygens (including phenoxy) is 2. The van der Waals surface area contributed by atoms with E-state index in [9.17, 15) is 15.0 Å². The molecule has 7 rings (SSSR count). The van der Waals surface area contributed by atoms with Crippen LogP contribution in [-0.2, 0) is 16.0 Å². The molecular formula is C35H56N6O5. The fourth-order valence-corrected chi connectivity index (χ4v) is 8.92. The van der Waals surface area contributed by atoms with Crippen molar-refractivity contribution in [3.8, 4) is 11.5 Å². The van der Waals surface area contributed by atoms with Crippen LogP contribution < -0.4 is 21.1 Å². The highest BCUT2D eigenvalue weighted by molar-refractivity contribution is 5.77. The number of benzene rings is 1. The minimum Gasteiger partial charge on any atom is -0.504 e. The first-order chi connectivity index (χ1) is 22.3. The van der Waals surface area contributed by atoms with E-state index in [0.29, 0.717) is 67.9 Å². The number of aliphatic hydroxyl groups is 1. The summed E-state index contributed by atoms with van der Waals surface area (Å²) in [6.45, 7) is 9.23. The van der Waals surface area contributed by atoms with Gasteiger partial charge in [0.2, 0.25) is 0 Å². The number of hydrogen-bond donors (Lipinski definition) is 5. The molecule has 4 fully saturated rings. The van der Waals surface area contributed by atoms with Gasteiger partial charge in [-0.1, -0.05) is 6.07 Å². The number of aliphatic imine (C=N–C) groups is 1. The lowest BCUT2D eigenvalue weighted by atomic mass is 9.72. The number of esters is 1. The summed E-state index contributed by atoms with van der Waals surface area (Å²) < 4.78 is 11.8. The van der Waals surface area contributed by atoms with Gasteiger partial charge in [-0.05, 0) is 112 Å². The highest BCUT2D eigenvalue weighted by Crippen LogP contribution is 2.41. The molecule has 0 saturated carbocycles. The molecular weight excluding hydrogens is 584 g/mol. The van der Waals surface area contributed by atoms with Gasteiger partial charge in [-0.25, -0.2) is 4.99 Å². The number of phenols is 1. The largest absolute Gasteiger partial charge is 0.504 e. The zero-order chi connectivity index (χ0) is 32.0. The van der Waals surface area contributed by atoms with Gasteiger partial charge in [0.25, 0.3) is 0 Å². The Kier molecular flexibility index (Phi) is 11.2. The van der Waals surface area contributed by atoms with Crippen molar-refractivity contribution in [2.24, 2.45) is 34.4 Å². The van der Waals surface area contributed by atoms with Crippen molar-refractivity contribution >= 4 is 11.9 Å². The molecule has 6 N–H and O–H groups in total. The number of aromatic hydroxyl groups is 1. The molecule has 256 valence electrons. The number of guanidine groups is 1. The Morgan fingerprint density at radius 2 is 1.96 bits per heavy atom. The molecule has 6 heterocycles. The van der Waals surface area contributed by atoms with Crippen LogP contribution in [0.1, 0.15) is 70.3 Å². The number of piperidine rings is 4. The quantitative estimate of drug-likeness (QED) is 0.229. The number of carbonyl (C=O) groups is 1. The Morgan fingerprint density at radius 3 is 2.78 bits per heavy atom. The lowest BCUT2D eigenvalue weighted by molar-refractivity contribution is -0.148. The number of fused-ring (bicyclic) bond motifs is 5. The minimum absolute atomic E-state index is 0.0887. The van der Waals surface area contributed by atoms with Crippen molar-refractivity contribution in [1.29, 1.82) is 0 Å². The number of aryl methyl sites for hydroxylation is 1. The molecule has 1 aromatic carbocycles. The van der Waals surface area contributed by atoms with Crippen LogP contribution in [0.15, 0.2) is 23.2 Å². The summed E-state index contributed by atoms with van der Waals surface area (Å²) >= 11 is 0. The van der Waals surface area contributed by atoms with E-state index in [2.05, 4.69) is 25.4 Å². The number of rotatable bonds is 11. The molecule has 9 atom stereocenters. The number of hydrogen-bond acceptors (Lipinski definition) is 11. The van der Waals surface area contributed by atoms with Crippen LogP contribution in [0, 0.1) is 23.7 Å². The van der Waals surface area contributed by atoms with Gasteiger partial charge >= 0.3 is 5.97 Å².